The fourth-order valence-corrected chi connectivity index (χ4v) is 4.62. The van der Waals surface area contributed by atoms with Crippen molar-refractivity contribution in [1.82, 2.24) is 20.2 Å². The number of hydrogen-bond acceptors (Lipinski definition) is 4. The summed E-state index contributed by atoms with van der Waals surface area (Å²) in [6, 6.07) is 17.2. The largest absolute Gasteiger partial charge is 0.321 e. The average Bonchev–Trinajstić information content (AvgIpc) is 3.18. The Hall–Kier alpha value is -2.25. The molecular formula is C20H23FN5S+. The van der Waals surface area contributed by atoms with Crippen molar-refractivity contribution in [3.8, 4) is 0 Å². The Bertz CT molecular complexity index is 846. The minimum atomic E-state index is -0.217. The molecule has 1 aliphatic rings. The van der Waals surface area contributed by atoms with Gasteiger partial charge in [0.15, 0.2) is 6.04 Å². The van der Waals surface area contributed by atoms with E-state index in [4.69, 9.17) is 0 Å². The van der Waals surface area contributed by atoms with Gasteiger partial charge >= 0.3 is 0 Å². The Morgan fingerprint density at radius 1 is 1.04 bits per heavy atom. The van der Waals surface area contributed by atoms with Crippen LogP contribution in [0.25, 0.3) is 0 Å². The van der Waals surface area contributed by atoms with E-state index in [0.717, 1.165) is 48.9 Å². The van der Waals surface area contributed by atoms with Crippen LogP contribution in [0.4, 0.5) is 4.39 Å². The SMILES string of the molecule is Fc1ccc([C@H](c2nnnn2CCc2ccccc2)[NH+]2CCSCC2)cc1. The quantitative estimate of drug-likeness (QED) is 0.704. The molecule has 140 valence electrons. The highest BCUT2D eigenvalue weighted by Crippen LogP contribution is 2.19. The van der Waals surface area contributed by atoms with Crippen molar-refractivity contribution in [2.75, 3.05) is 24.6 Å². The fraction of sp³-hybridized carbons (Fsp3) is 0.350. The normalized spacial score (nSPS) is 16.3. The Kier molecular flexibility index (Phi) is 5.79. The number of tetrazole rings is 1. The third-order valence-electron chi connectivity index (χ3n) is 5.02. The van der Waals surface area contributed by atoms with Crippen LogP contribution < -0.4 is 4.90 Å². The lowest BCUT2D eigenvalue weighted by Gasteiger charge is -2.30. The van der Waals surface area contributed by atoms with Gasteiger partial charge in [-0.05, 0) is 46.7 Å². The number of nitrogens with zero attached hydrogens (tertiary/aromatic N) is 4. The number of rotatable bonds is 6. The van der Waals surface area contributed by atoms with Crippen molar-refractivity contribution in [3.05, 3.63) is 77.4 Å². The van der Waals surface area contributed by atoms with Crippen molar-refractivity contribution in [2.45, 2.75) is 19.0 Å². The second-order valence-corrected chi connectivity index (χ2v) is 7.98. The lowest BCUT2D eigenvalue weighted by atomic mass is 10.0. The minimum absolute atomic E-state index is 0.0253. The first-order valence-electron chi connectivity index (χ1n) is 9.29. The maximum atomic E-state index is 13.5. The van der Waals surface area contributed by atoms with Crippen LogP contribution in [0.15, 0.2) is 54.6 Å². The molecule has 3 aromatic rings. The zero-order valence-electron chi connectivity index (χ0n) is 15.1. The van der Waals surface area contributed by atoms with Gasteiger partial charge in [-0.2, -0.15) is 11.8 Å². The van der Waals surface area contributed by atoms with Crippen LogP contribution >= 0.6 is 11.8 Å². The Balaban J connectivity index is 1.62. The topological polar surface area (TPSA) is 48.0 Å². The molecule has 0 radical (unpaired) electrons. The monoisotopic (exact) mass is 384 g/mol. The first-order valence-corrected chi connectivity index (χ1v) is 10.4. The summed E-state index contributed by atoms with van der Waals surface area (Å²) in [5.41, 5.74) is 2.33. The van der Waals surface area contributed by atoms with Crippen LogP contribution in [0.1, 0.15) is 23.0 Å². The molecule has 1 fully saturated rings. The van der Waals surface area contributed by atoms with Crippen molar-refractivity contribution in [2.24, 2.45) is 0 Å². The fourth-order valence-electron chi connectivity index (χ4n) is 3.60. The van der Waals surface area contributed by atoms with Gasteiger partial charge in [0.1, 0.15) is 5.82 Å². The van der Waals surface area contributed by atoms with Gasteiger partial charge in [-0.25, -0.2) is 9.07 Å². The lowest BCUT2D eigenvalue weighted by Crippen LogP contribution is -3.14. The zero-order chi connectivity index (χ0) is 18.5. The van der Waals surface area contributed by atoms with Gasteiger partial charge in [0.25, 0.3) is 0 Å². The molecule has 1 N–H and O–H groups in total. The molecule has 0 spiro atoms. The summed E-state index contributed by atoms with van der Waals surface area (Å²) in [7, 11) is 0. The van der Waals surface area contributed by atoms with E-state index >= 15 is 0 Å². The first kappa shape index (κ1) is 18.1. The summed E-state index contributed by atoms with van der Waals surface area (Å²) >= 11 is 1.98. The van der Waals surface area contributed by atoms with E-state index in [1.165, 1.54) is 22.6 Å². The van der Waals surface area contributed by atoms with Gasteiger partial charge in [0.2, 0.25) is 5.82 Å². The number of aromatic nitrogens is 4. The molecule has 0 unspecified atom stereocenters. The first-order chi connectivity index (χ1) is 13.3. The summed E-state index contributed by atoms with van der Waals surface area (Å²) in [4.78, 5) is 1.44. The molecular weight excluding hydrogens is 361 g/mol. The zero-order valence-corrected chi connectivity index (χ0v) is 15.9. The van der Waals surface area contributed by atoms with Crippen LogP contribution in [0, 0.1) is 5.82 Å². The number of halogens is 1. The van der Waals surface area contributed by atoms with Gasteiger partial charge < -0.3 is 4.90 Å². The van der Waals surface area contributed by atoms with Crippen LogP contribution in [0.5, 0.6) is 0 Å². The molecule has 0 bridgehead atoms. The highest BCUT2D eigenvalue weighted by Gasteiger charge is 2.32. The summed E-state index contributed by atoms with van der Waals surface area (Å²) in [5, 5.41) is 12.6. The predicted molar refractivity (Wildman–Crippen MR) is 104 cm³/mol. The molecule has 0 saturated carbocycles. The smallest absolute Gasteiger partial charge is 0.214 e. The maximum absolute atomic E-state index is 13.5. The van der Waals surface area contributed by atoms with Gasteiger partial charge in [-0.15, -0.1) is 5.10 Å². The molecule has 1 atom stereocenters. The van der Waals surface area contributed by atoms with E-state index in [1.807, 2.05) is 46.8 Å². The summed E-state index contributed by atoms with van der Waals surface area (Å²) < 4.78 is 15.4. The van der Waals surface area contributed by atoms with Crippen LogP contribution in [0.2, 0.25) is 0 Å². The lowest BCUT2D eigenvalue weighted by molar-refractivity contribution is -0.922. The van der Waals surface area contributed by atoms with Gasteiger partial charge in [-0.1, -0.05) is 30.3 Å². The molecule has 2 aromatic carbocycles. The highest BCUT2D eigenvalue weighted by atomic mass is 32.2. The molecule has 1 aliphatic heterocycles. The van der Waals surface area contributed by atoms with Crippen molar-refractivity contribution in [3.63, 3.8) is 0 Å². The number of thioether (sulfide) groups is 1. The van der Waals surface area contributed by atoms with E-state index in [1.54, 1.807) is 0 Å². The molecule has 2 heterocycles. The molecule has 1 saturated heterocycles. The third kappa shape index (κ3) is 4.36. The number of aryl methyl sites for hydroxylation is 2. The highest BCUT2D eigenvalue weighted by molar-refractivity contribution is 7.99. The van der Waals surface area contributed by atoms with Crippen molar-refractivity contribution in [1.29, 1.82) is 0 Å². The molecule has 4 rings (SSSR count). The standard InChI is InChI=1S/C20H22FN5S/c21-18-8-6-17(7-9-18)19(25-12-14-27-15-13-25)20-22-23-24-26(20)11-10-16-4-2-1-3-5-16/h1-9,19H,10-15H2/p+1/t19-/m1/s1. The summed E-state index contributed by atoms with van der Waals surface area (Å²) in [6.45, 7) is 2.84. The number of quaternary nitrogens is 1. The minimum Gasteiger partial charge on any atom is -0.321 e. The Morgan fingerprint density at radius 3 is 2.52 bits per heavy atom. The van der Waals surface area contributed by atoms with E-state index < -0.39 is 0 Å². The average molecular weight is 385 g/mol. The van der Waals surface area contributed by atoms with E-state index in [-0.39, 0.29) is 11.9 Å². The van der Waals surface area contributed by atoms with Crippen LogP contribution in [-0.4, -0.2) is 44.8 Å². The Labute approximate surface area is 162 Å². The van der Waals surface area contributed by atoms with Gasteiger partial charge in [0.05, 0.1) is 13.1 Å². The van der Waals surface area contributed by atoms with Gasteiger partial charge in [-0.3, -0.25) is 0 Å². The summed E-state index contributed by atoms with van der Waals surface area (Å²) in [5.74, 6) is 2.89. The molecule has 27 heavy (non-hydrogen) atoms. The van der Waals surface area contributed by atoms with E-state index in [9.17, 15) is 4.39 Å². The van der Waals surface area contributed by atoms with E-state index in [0.29, 0.717) is 0 Å². The van der Waals surface area contributed by atoms with E-state index in [2.05, 4.69) is 27.7 Å². The Morgan fingerprint density at radius 2 is 1.78 bits per heavy atom. The van der Waals surface area contributed by atoms with Crippen molar-refractivity contribution >= 4 is 11.8 Å². The maximum Gasteiger partial charge on any atom is 0.214 e. The molecule has 0 aliphatic carbocycles. The second-order valence-electron chi connectivity index (χ2n) is 6.75. The van der Waals surface area contributed by atoms with Crippen molar-refractivity contribution < 1.29 is 9.29 Å². The number of hydrogen-bond donors (Lipinski definition) is 1. The van der Waals surface area contributed by atoms with Crippen LogP contribution in [-0.2, 0) is 13.0 Å². The van der Waals surface area contributed by atoms with Gasteiger partial charge in [0, 0.05) is 23.6 Å². The summed E-state index contributed by atoms with van der Waals surface area (Å²) in [6.07, 6.45) is 0.875. The molecule has 0 amide bonds. The number of benzene rings is 2. The molecule has 5 nitrogen and oxygen atoms in total. The predicted octanol–water partition coefficient (Wildman–Crippen LogP) is 1.78. The third-order valence-corrected chi connectivity index (χ3v) is 6.01. The molecule has 7 heteroatoms. The second kappa shape index (κ2) is 8.63. The molecule has 1 aromatic heterocycles. The van der Waals surface area contributed by atoms with Crippen LogP contribution in [0.3, 0.4) is 0 Å². The number of nitrogens with one attached hydrogen (secondary N) is 1.